The molecule has 0 radical (unpaired) electrons. The summed E-state index contributed by atoms with van der Waals surface area (Å²) in [7, 11) is 0. The summed E-state index contributed by atoms with van der Waals surface area (Å²) in [5, 5.41) is 3.28. The Labute approximate surface area is 169 Å². The molecule has 7 nitrogen and oxygen atoms in total. The van der Waals surface area contributed by atoms with E-state index in [1.54, 1.807) is 6.20 Å². The van der Waals surface area contributed by atoms with Crippen molar-refractivity contribution < 1.29 is 4.79 Å². The highest BCUT2D eigenvalue weighted by molar-refractivity contribution is 5.78. The van der Waals surface area contributed by atoms with E-state index in [9.17, 15) is 4.79 Å². The molecule has 1 aliphatic rings. The summed E-state index contributed by atoms with van der Waals surface area (Å²) in [6.07, 6.45) is 6.84. The zero-order chi connectivity index (χ0) is 20.5. The number of hydrogen-bond donors (Lipinski definition) is 3. The highest BCUT2D eigenvalue weighted by Gasteiger charge is 2.24. The molecule has 1 saturated heterocycles. The smallest absolute Gasteiger partial charge is 0.220 e. The van der Waals surface area contributed by atoms with Gasteiger partial charge in [0.05, 0.1) is 6.54 Å². The minimum absolute atomic E-state index is 0.0292. The Balaban J connectivity index is 1.90. The molecule has 1 unspecified atom stereocenters. The Morgan fingerprint density at radius 1 is 1.29 bits per heavy atom. The van der Waals surface area contributed by atoms with Crippen LogP contribution in [0.5, 0.6) is 0 Å². The first kappa shape index (κ1) is 22.0. The van der Waals surface area contributed by atoms with Crippen LogP contribution in [0.4, 0.5) is 5.82 Å². The van der Waals surface area contributed by atoms with E-state index in [1.807, 2.05) is 12.1 Å². The Hall–Kier alpha value is -2.31. The van der Waals surface area contributed by atoms with Crippen molar-refractivity contribution in [2.24, 2.45) is 28.3 Å². The molecule has 0 aliphatic carbocycles. The van der Waals surface area contributed by atoms with Crippen LogP contribution in [0.1, 0.15) is 58.4 Å². The van der Waals surface area contributed by atoms with Crippen LogP contribution in [0.25, 0.3) is 0 Å². The van der Waals surface area contributed by atoms with Crippen LogP contribution in [0, 0.1) is 11.8 Å². The first-order valence-electron chi connectivity index (χ1n) is 10.4. The molecule has 0 saturated carbocycles. The van der Waals surface area contributed by atoms with Crippen molar-refractivity contribution >= 4 is 17.7 Å². The van der Waals surface area contributed by atoms with Gasteiger partial charge in [0.15, 0.2) is 5.96 Å². The van der Waals surface area contributed by atoms with Gasteiger partial charge in [0.2, 0.25) is 5.91 Å². The fourth-order valence-corrected chi connectivity index (χ4v) is 3.59. The van der Waals surface area contributed by atoms with E-state index in [1.165, 1.54) is 12.8 Å². The van der Waals surface area contributed by atoms with Crippen LogP contribution in [0.15, 0.2) is 23.3 Å². The van der Waals surface area contributed by atoms with Crippen LogP contribution in [0.3, 0.4) is 0 Å². The quantitative estimate of drug-likeness (QED) is 0.444. The summed E-state index contributed by atoms with van der Waals surface area (Å²) in [6.45, 7) is 8.67. The number of aromatic nitrogens is 1. The Morgan fingerprint density at radius 3 is 2.64 bits per heavy atom. The van der Waals surface area contributed by atoms with Crippen LogP contribution in [-0.2, 0) is 11.3 Å². The lowest BCUT2D eigenvalue weighted by Crippen LogP contribution is -2.39. The maximum atomic E-state index is 11.4. The molecule has 2 rings (SSSR count). The lowest BCUT2D eigenvalue weighted by Gasteiger charge is -2.32. The molecule has 0 bridgehead atoms. The normalized spacial score (nSPS) is 17.0. The summed E-state index contributed by atoms with van der Waals surface area (Å²) in [6, 6.07) is 4.26. The zero-order valence-corrected chi connectivity index (χ0v) is 17.5. The third-order valence-corrected chi connectivity index (χ3v) is 5.30. The summed E-state index contributed by atoms with van der Waals surface area (Å²) < 4.78 is 0. The number of anilines is 1. The number of amides is 1. The maximum absolute atomic E-state index is 11.4. The van der Waals surface area contributed by atoms with E-state index < -0.39 is 0 Å². The van der Waals surface area contributed by atoms with E-state index in [0.29, 0.717) is 18.5 Å². The SMILES string of the molecule is CC(C)CCCC(C)NC(N)=NCc1cccnc1N1CCC(C(N)=O)CC1. The monoisotopic (exact) mass is 388 g/mol. The molecule has 1 aliphatic heterocycles. The lowest BCUT2D eigenvalue weighted by molar-refractivity contribution is -0.122. The van der Waals surface area contributed by atoms with Gasteiger partial charge in [-0.25, -0.2) is 9.98 Å². The number of nitrogens with zero attached hydrogens (tertiary/aromatic N) is 3. The van der Waals surface area contributed by atoms with Gasteiger partial charge in [-0.05, 0) is 38.2 Å². The number of carbonyl (C=O) groups is 1. The molecule has 1 atom stereocenters. The Bertz CT molecular complexity index is 652. The second-order valence-electron chi connectivity index (χ2n) is 8.22. The van der Waals surface area contributed by atoms with Crippen molar-refractivity contribution in [1.29, 1.82) is 0 Å². The number of rotatable bonds is 9. The van der Waals surface area contributed by atoms with Crippen molar-refractivity contribution in [3.8, 4) is 0 Å². The largest absolute Gasteiger partial charge is 0.370 e. The maximum Gasteiger partial charge on any atom is 0.220 e. The topological polar surface area (TPSA) is 110 Å². The van der Waals surface area contributed by atoms with E-state index in [-0.39, 0.29) is 11.8 Å². The first-order valence-corrected chi connectivity index (χ1v) is 10.4. The summed E-state index contributed by atoms with van der Waals surface area (Å²) in [5.41, 5.74) is 12.6. The second-order valence-corrected chi connectivity index (χ2v) is 8.22. The number of pyridine rings is 1. The van der Waals surface area contributed by atoms with E-state index in [4.69, 9.17) is 11.5 Å². The highest BCUT2D eigenvalue weighted by Crippen LogP contribution is 2.24. The van der Waals surface area contributed by atoms with Gasteiger partial charge in [-0.2, -0.15) is 0 Å². The second kappa shape index (κ2) is 10.9. The first-order chi connectivity index (χ1) is 13.4. The Morgan fingerprint density at radius 2 is 2.00 bits per heavy atom. The van der Waals surface area contributed by atoms with E-state index in [0.717, 1.165) is 49.7 Å². The van der Waals surface area contributed by atoms with Crippen LogP contribution in [0.2, 0.25) is 0 Å². The summed E-state index contributed by atoms with van der Waals surface area (Å²) in [5.74, 6) is 1.90. The number of nitrogens with two attached hydrogens (primary N) is 2. The molecule has 2 heterocycles. The molecule has 5 N–H and O–H groups in total. The fraction of sp³-hybridized carbons (Fsp3) is 0.667. The fourth-order valence-electron chi connectivity index (χ4n) is 3.59. The van der Waals surface area contributed by atoms with Crippen LogP contribution >= 0.6 is 0 Å². The predicted molar refractivity (Wildman–Crippen MR) is 115 cm³/mol. The number of piperidine rings is 1. The zero-order valence-electron chi connectivity index (χ0n) is 17.5. The average molecular weight is 389 g/mol. The third-order valence-electron chi connectivity index (χ3n) is 5.30. The molecule has 1 aromatic rings. The number of nitrogens with one attached hydrogen (secondary N) is 1. The van der Waals surface area contributed by atoms with Gasteiger partial charge in [0.1, 0.15) is 5.82 Å². The van der Waals surface area contributed by atoms with Crippen molar-refractivity contribution in [3.05, 3.63) is 23.9 Å². The van der Waals surface area contributed by atoms with Crippen molar-refractivity contribution in [1.82, 2.24) is 10.3 Å². The van der Waals surface area contributed by atoms with Gasteiger partial charge in [0.25, 0.3) is 0 Å². The number of carbonyl (C=O) groups excluding carboxylic acids is 1. The van der Waals surface area contributed by atoms with E-state index in [2.05, 4.69) is 41.0 Å². The molecule has 156 valence electrons. The molecule has 0 aromatic carbocycles. The highest BCUT2D eigenvalue weighted by atomic mass is 16.1. The molecule has 1 aromatic heterocycles. The molecule has 1 fully saturated rings. The van der Waals surface area contributed by atoms with Gasteiger partial charge < -0.3 is 21.7 Å². The average Bonchev–Trinajstić information content (AvgIpc) is 2.66. The van der Waals surface area contributed by atoms with Crippen LogP contribution < -0.4 is 21.7 Å². The Kier molecular flexibility index (Phi) is 8.54. The van der Waals surface area contributed by atoms with Crippen molar-refractivity contribution in [2.75, 3.05) is 18.0 Å². The summed E-state index contributed by atoms with van der Waals surface area (Å²) in [4.78, 5) is 22.7. The number of aliphatic imine (C=N–C) groups is 1. The lowest BCUT2D eigenvalue weighted by atomic mass is 9.96. The van der Waals surface area contributed by atoms with Gasteiger partial charge in [0, 0.05) is 36.8 Å². The number of guanidine groups is 1. The number of primary amides is 1. The molecule has 28 heavy (non-hydrogen) atoms. The van der Waals surface area contributed by atoms with Gasteiger partial charge in [-0.3, -0.25) is 4.79 Å². The summed E-state index contributed by atoms with van der Waals surface area (Å²) >= 11 is 0. The van der Waals surface area contributed by atoms with Crippen LogP contribution in [-0.4, -0.2) is 36.0 Å². The molecule has 0 spiro atoms. The van der Waals surface area contributed by atoms with Gasteiger partial charge in [-0.15, -0.1) is 0 Å². The minimum atomic E-state index is -0.202. The third kappa shape index (κ3) is 7.02. The van der Waals surface area contributed by atoms with Gasteiger partial charge in [-0.1, -0.05) is 32.8 Å². The van der Waals surface area contributed by atoms with Crippen molar-refractivity contribution in [2.45, 2.75) is 65.5 Å². The standard InChI is InChI=1S/C21H36N6O/c1-15(2)6-4-7-16(3)26-21(23)25-14-18-8-5-11-24-20(18)27-12-9-17(10-13-27)19(22)28/h5,8,11,15-17H,4,6-7,9-10,12-14H2,1-3H3,(H2,22,28)(H3,23,25,26). The molecule has 1 amide bonds. The van der Waals surface area contributed by atoms with E-state index >= 15 is 0 Å². The molecule has 7 heteroatoms. The molecular weight excluding hydrogens is 352 g/mol. The van der Waals surface area contributed by atoms with Gasteiger partial charge >= 0.3 is 0 Å². The molecular formula is C21H36N6O. The minimum Gasteiger partial charge on any atom is -0.370 e. The number of hydrogen-bond acceptors (Lipinski definition) is 4. The van der Waals surface area contributed by atoms with Crippen molar-refractivity contribution in [3.63, 3.8) is 0 Å². The predicted octanol–water partition coefficient (Wildman–Crippen LogP) is 2.40.